The second kappa shape index (κ2) is 13.8. The van der Waals surface area contributed by atoms with Gasteiger partial charge in [-0.15, -0.1) is 10.2 Å². The number of carbonyl (C=O) groups excluding carboxylic acids is 2. The lowest BCUT2D eigenvalue weighted by molar-refractivity contribution is -0.117. The van der Waals surface area contributed by atoms with Crippen LogP contribution in [0, 0.1) is 0 Å². The first-order chi connectivity index (χ1) is 20.9. The number of anilines is 1. The average molecular weight is 614 g/mol. The fourth-order valence-corrected chi connectivity index (χ4v) is 4.84. The first-order valence-electron chi connectivity index (χ1n) is 13.2. The number of halogens is 2. The van der Waals surface area contributed by atoms with Crippen molar-refractivity contribution >= 4 is 47.0 Å². The summed E-state index contributed by atoms with van der Waals surface area (Å²) in [6, 6.07) is 23.5. The number of carbonyl (C=O) groups is 2. The van der Waals surface area contributed by atoms with Crippen LogP contribution in [0.4, 0.5) is 10.5 Å². The lowest BCUT2D eigenvalue weighted by atomic mass is 9.98. The summed E-state index contributed by atoms with van der Waals surface area (Å²) in [5, 5.41) is 14.9. The summed E-state index contributed by atoms with van der Waals surface area (Å²) in [7, 11) is 1.30. The molecular weight excluding hydrogens is 587 g/mol. The van der Waals surface area contributed by atoms with Crippen molar-refractivity contribution < 1.29 is 14.3 Å². The summed E-state index contributed by atoms with van der Waals surface area (Å²) in [5.41, 5.74) is 5.04. The van der Waals surface area contributed by atoms with E-state index < -0.39 is 12.1 Å². The second-order valence-corrected chi connectivity index (χ2v) is 10.2. The van der Waals surface area contributed by atoms with Gasteiger partial charge in [0.1, 0.15) is 0 Å². The van der Waals surface area contributed by atoms with Crippen molar-refractivity contribution in [2.24, 2.45) is 0 Å². The molecule has 0 saturated heterocycles. The van der Waals surface area contributed by atoms with E-state index in [4.69, 9.17) is 23.2 Å². The first kappa shape index (κ1) is 29.5. The summed E-state index contributed by atoms with van der Waals surface area (Å²) >= 11 is 12.8. The zero-order chi connectivity index (χ0) is 30.2. The minimum absolute atomic E-state index is 0.176. The van der Waals surface area contributed by atoms with E-state index in [1.54, 1.807) is 55.0 Å². The van der Waals surface area contributed by atoms with Gasteiger partial charge in [0.2, 0.25) is 5.91 Å². The average Bonchev–Trinajstić information content (AvgIpc) is 3.56. The van der Waals surface area contributed by atoms with Gasteiger partial charge in [-0.25, -0.2) is 9.78 Å². The van der Waals surface area contributed by atoms with Gasteiger partial charge in [-0.3, -0.25) is 10.1 Å². The van der Waals surface area contributed by atoms with Gasteiger partial charge in [-0.05, 0) is 54.5 Å². The van der Waals surface area contributed by atoms with Crippen molar-refractivity contribution in [3.05, 3.63) is 131 Å². The maximum atomic E-state index is 13.3. The normalized spacial score (nSPS) is 11.7. The van der Waals surface area contributed by atoms with E-state index >= 15 is 0 Å². The molecule has 0 saturated carbocycles. The van der Waals surface area contributed by atoms with Gasteiger partial charge >= 0.3 is 6.09 Å². The molecule has 11 heteroatoms. The maximum absolute atomic E-state index is 13.3. The van der Waals surface area contributed by atoms with Gasteiger partial charge in [0.25, 0.3) is 0 Å². The van der Waals surface area contributed by atoms with Crippen molar-refractivity contribution in [2.45, 2.75) is 12.5 Å². The van der Waals surface area contributed by atoms with E-state index in [0.29, 0.717) is 28.4 Å². The Morgan fingerprint density at radius 2 is 1.79 bits per heavy atom. The molecule has 0 spiro atoms. The van der Waals surface area contributed by atoms with Crippen LogP contribution in [0.3, 0.4) is 0 Å². The van der Waals surface area contributed by atoms with Crippen LogP contribution in [0.5, 0.6) is 0 Å². The molecule has 1 unspecified atom stereocenters. The zero-order valence-corrected chi connectivity index (χ0v) is 24.5. The van der Waals surface area contributed by atoms with Crippen LogP contribution in [0.15, 0.2) is 104 Å². The van der Waals surface area contributed by atoms with Crippen LogP contribution in [0.2, 0.25) is 10.2 Å². The van der Waals surface area contributed by atoms with Crippen LogP contribution in [0.25, 0.3) is 23.0 Å². The Morgan fingerprint density at radius 1 is 1.00 bits per heavy atom. The van der Waals surface area contributed by atoms with E-state index in [1.807, 2.05) is 53.2 Å². The van der Waals surface area contributed by atoms with Crippen LogP contribution >= 0.6 is 23.2 Å². The number of imidazole rings is 1. The molecule has 2 N–H and O–H groups in total. The standard InChI is InChI=1S/C32H26Cl2N6O3/c1-43-32(42)36-25-11-7-22(8-12-25)27-19-26(31(34)39-38-27)28(17-21-5-3-2-4-6-21)37-30(41)14-9-23-18-24(33)10-13-29(23)40-16-15-35-20-40/h2-16,18-20,28H,17H2,1H3,(H,36,42)(H,37,41)/b14-9+. The topological polar surface area (TPSA) is 111 Å². The molecule has 2 aromatic heterocycles. The molecule has 2 heterocycles. The summed E-state index contributed by atoms with van der Waals surface area (Å²) in [6.45, 7) is 0. The number of methoxy groups -OCH3 is 1. The summed E-state index contributed by atoms with van der Waals surface area (Å²) in [6.07, 6.45) is 8.23. The van der Waals surface area contributed by atoms with Crippen molar-refractivity contribution in [1.29, 1.82) is 0 Å². The molecule has 0 aliphatic heterocycles. The van der Waals surface area contributed by atoms with Crippen LogP contribution < -0.4 is 10.6 Å². The summed E-state index contributed by atoms with van der Waals surface area (Å²) < 4.78 is 6.48. The highest BCUT2D eigenvalue weighted by Crippen LogP contribution is 2.29. The van der Waals surface area contributed by atoms with Gasteiger partial charge in [0.15, 0.2) is 5.15 Å². The Morgan fingerprint density at radius 3 is 2.51 bits per heavy atom. The summed E-state index contributed by atoms with van der Waals surface area (Å²) in [4.78, 5) is 28.9. The van der Waals surface area contributed by atoms with Gasteiger partial charge in [-0.2, -0.15) is 0 Å². The van der Waals surface area contributed by atoms with E-state index in [2.05, 4.69) is 30.6 Å². The Balaban J connectivity index is 1.42. The molecule has 5 aromatic rings. The van der Waals surface area contributed by atoms with Crippen molar-refractivity contribution in [2.75, 3.05) is 12.4 Å². The third-order valence-electron chi connectivity index (χ3n) is 6.55. The number of ether oxygens (including phenoxy) is 1. The van der Waals surface area contributed by atoms with Crippen molar-refractivity contribution in [1.82, 2.24) is 25.1 Å². The predicted octanol–water partition coefficient (Wildman–Crippen LogP) is 6.93. The molecule has 9 nitrogen and oxygen atoms in total. The molecule has 43 heavy (non-hydrogen) atoms. The molecule has 0 radical (unpaired) electrons. The number of benzene rings is 3. The van der Waals surface area contributed by atoms with Gasteiger partial charge < -0.3 is 14.6 Å². The molecule has 0 bridgehead atoms. The number of nitrogens with one attached hydrogen (secondary N) is 2. The van der Waals surface area contributed by atoms with E-state index in [1.165, 1.54) is 13.2 Å². The predicted molar refractivity (Wildman–Crippen MR) is 167 cm³/mol. The zero-order valence-electron chi connectivity index (χ0n) is 22.9. The maximum Gasteiger partial charge on any atom is 0.411 e. The lowest BCUT2D eigenvalue weighted by Crippen LogP contribution is -2.29. The Hall–Kier alpha value is -4.99. The highest BCUT2D eigenvalue weighted by Gasteiger charge is 2.20. The molecule has 0 fully saturated rings. The number of amides is 2. The summed E-state index contributed by atoms with van der Waals surface area (Å²) in [5.74, 6) is -0.329. The Bertz CT molecular complexity index is 1740. The minimum Gasteiger partial charge on any atom is -0.453 e. The highest BCUT2D eigenvalue weighted by atomic mass is 35.5. The number of rotatable bonds is 9. The minimum atomic E-state index is -0.567. The number of nitrogens with zero attached hydrogens (tertiary/aromatic N) is 4. The fraction of sp³-hybridized carbons (Fsp3) is 0.0938. The lowest BCUT2D eigenvalue weighted by Gasteiger charge is -2.20. The molecular formula is C32H26Cl2N6O3. The van der Waals surface area contributed by atoms with Crippen LogP contribution in [-0.2, 0) is 16.0 Å². The van der Waals surface area contributed by atoms with Gasteiger partial charge in [0.05, 0.1) is 30.9 Å². The molecule has 0 aliphatic rings. The first-order valence-corrected chi connectivity index (χ1v) is 13.9. The molecule has 3 aromatic carbocycles. The largest absolute Gasteiger partial charge is 0.453 e. The third kappa shape index (κ3) is 7.65. The molecule has 2 amide bonds. The van der Waals surface area contributed by atoms with Gasteiger partial charge in [-0.1, -0.05) is 65.7 Å². The SMILES string of the molecule is COC(=O)Nc1ccc(-c2cc(C(Cc3ccccc3)NC(=O)/C=C/c3cc(Cl)ccc3-n3ccnc3)c(Cl)nn2)cc1. The number of aromatic nitrogens is 4. The van der Waals surface area contributed by atoms with E-state index in [-0.39, 0.29) is 11.1 Å². The van der Waals surface area contributed by atoms with E-state index in [9.17, 15) is 9.59 Å². The fourth-order valence-electron chi connectivity index (χ4n) is 4.44. The van der Waals surface area contributed by atoms with Gasteiger partial charge in [0, 0.05) is 45.9 Å². The van der Waals surface area contributed by atoms with E-state index in [0.717, 1.165) is 22.4 Å². The van der Waals surface area contributed by atoms with Crippen molar-refractivity contribution in [3.63, 3.8) is 0 Å². The smallest absolute Gasteiger partial charge is 0.411 e. The number of hydrogen-bond donors (Lipinski definition) is 2. The van der Waals surface area contributed by atoms with Crippen molar-refractivity contribution in [3.8, 4) is 16.9 Å². The molecule has 1 atom stereocenters. The molecule has 216 valence electrons. The second-order valence-electron chi connectivity index (χ2n) is 9.43. The molecule has 5 rings (SSSR count). The highest BCUT2D eigenvalue weighted by molar-refractivity contribution is 6.31. The van der Waals surface area contributed by atoms with Crippen LogP contribution in [0.1, 0.15) is 22.7 Å². The molecule has 0 aliphatic carbocycles. The Kier molecular flexibility index (Phi) is 9.46. The van der Waals surface area contributed by atoms with Crippen LogP contribution in [-0.4, -0.2) is 38.9 Å². The quantitative estimate of drug-likeness (QED) is 0.175. The third-order valence-corrected chi connectivity index (χ3v) is 7.08. The monoisotopic (exact) mass is 612 g/mol. The number of hydrogen-bond acceptors (Lipinski definition) is 6. The Labute approximate surface area is 258 Å².